The number of carbonyl (C=O) groups is 3. The molecule has 0 aromatic rings. The molecule has 1 fully saturated rings. The summed E-state index contributed by atoms with van der Waals surface area (Å²) in [5, 5.41) is 5.33. The van der Waals surface area contributed by atoms with Gasteiger partial charge in [-0.05, 0) is 45.4 Å². The van der Waals surface area contributed by atoms with E-state index >= 15 is 0 Å². The molecule has 1 rings (SSSR count). The first kappa shape index (κ1) is 22.0. The number of hydrogen-bond donors (Lipinski definition) is 3. The number of amides is 3. The highest BCUT2D eigenvalue weighted by molar-refractivity contribution is 5.90. The SMILES string of the molecule is C=CCC1(CNC(=O)[C@H](CC(N)=O)NC(=O)OC(C)(C)C)CCCCC1. The van der Waals surface area contributed by atoms with Crippen molar-refractivity contribution in [2.75, 3.05) is 6.54 Å². The fraction of sp³-hybridized carbons (Fsp3) is 0.737. The maximum atomic E-state index is 12.6. The second kappa shape index (κ2) is 9.59. The Labute approximate surface area is 156 Å². The summed E-state index contributed by atoms with van der Waals surface area (Å²) >= 11 is 0. The Bertz CT molecular complexity index is 519. The van der Waals surface area contributed by atoms with Crippen molar-refractivity contribution in [2.45, 2.75) is 77.4 Å². The van der Waals surface area contributed by atoms with E-state index in [2.05, 4.69) is 17.2 Å². The molecule has 1 atom stereocenters. The van der Waals surface area contributed by atoms with Crippen LogP contribution in [0.5, 0.6) is 0 Å². The molecule has 0 aromatic heterocycles. The second-order valence-corrected chi connectivity index (χ2v) is 8.14. The van der Waals surface area contributed by atoms with E-state index < -0.39 is 29.6 Å². The van der Waals surface area contributed by atoms with Crippen molar-refractivity contribution in [3.05, 3.63) is 12.7 Å². The van der Waals surface area contributed by atoms with Crippen LogP contribution in [0.25, 0.3) is 0 Å². The van der Waals surface area contributed by atoms with E-state index in [9.17, 15) is 14.4 Å². The number of hydrogen-bond acceptors (Lipinski definition) is 4. The standard InChI is InChI=1S/C19H33N3O4/c1-5-9-19(10-7-6-8-11-19)13-21-16(24)14(12-15(20)23)22-17(25)26-18(2,3)4/h5,14H,1,6-13H2,2-4H3,(H2,20,23)(H,21,24)(H,22,25)/t14-/m0/s1. The van der Waals surface area contributed by atoms with Crippen LogP contribution in [-0.2, 0) is 14.3 Å². The molecule has 1 saturated carbocycles. The average molecular weight is 367 g/mol. The summed E-state index contributed by atoms with van der Waals surface area (Å²) in [5.74, 6) is -1.09. The van der Waals surface area contributed by atoms with Gasteiger partial charge in [-0.1, -0.05) is 25.3 Å². The van der Waals surface area contributed by atoms with E-state index in [4.69, 9.17) is 10.5 Å². The molecule has 1 aliphatic rings. The first-order chi connectivity index (χ1) is 12.1. The molecule has 1 aliphatic carbocycles. The summed E-state index contributed by atoms with van der Waals surface area (Å²) in [6, 6.07) is -1.05. The summed E-state index contributed by atoms with van der Waals surface area (Å²) in [6.45, 7) is 9.48. The van der Waals surface area contributed by atoms with Gasteiger partial charge in [-0.15, -0.1) is 6.58 Å². The number of rotatable bonds is 8. The maximum Gasteiger partial charge on any atom is 0.408 e. The van der Waals surface area contributed by atoms with Gasteiger partial charge in [0.2, 0.25) is 11.8 Å². The lowest BCUT2D eigenvalue weighted by molar-refractivity contribution is -0.127. The van der Waals surface area contributed by atoms with E-state index in [0.29, 0.717) is 6.54 Å². The van der Waals surface area contributed by atoms with Crippen LogP contribution in [-0.4, -0.2) is 36.1 Å². The third kappa shape index (κ3) is 7.89. The highest BCUT2D eigenvalue weighted by atomic mass is 16.6. The smallest absolute Gasteiger partial charge is 0.408 e. The number of nitrogens with two attached hydrogens (primary N) is 1. The molecule has 0 heterocycles. The van der Waals surface area contributed by atoms with Crippen LogP contribution in [0.3, 0.4) is 0 Å². The molecule has 7 nitrogen and oxygen atoms in total. The molecule has 0 aliphatic heterocycles. The largest absolute Gasteiger partial charge is 0.444 e. The Kier molecular flexibility index (Phi) is 8.11. The fourth-order valence-corrected chi connectivity index (χ4v) is 3.32. The van der Waals surface area contributed by atoms with Gasteiger partial charge in [-0.2, -0.15) is 0 Å². The van der Waals surface area contributed by atoms with Gasteiger partial charge in [0.15, 0.2) is 0 Å². The highest BCUT2D eigenvalue weighted by Gasteiger charge is 2.33. The summed E-state index contributed by atoms with van der Waals surface area (Å²) in [5.41, 5.74) is 4.52. The number of primary amides is 1. The summed E-state index contributed by atoms with van der Waals surface area (Å²) in [6.07, 6.45) is 7.20. The van der Waals surface area contributed by atoms with Crippen molar-refractivity contribution >= 4 is 17.9 Å². The van der Waals surface area contributed by atoms with E-state index in [0.717, 1.165) is 32.1 Å². The zero-order chi connectivity index (χ0) is 19.8. The molecule has 7 heteroatoms. The Hall–Kier alpha value is -2.05. The third-order valence-corrected chi connectivity index (χ3v) is 4.54. The van der Waals surface area contributed by atoms with Gasteiger partial charge in [0.05, 0.1) is 6.42 Å². The van der Waals surface area contributed by atoms with E-state index in [-0.39, 0.29) is 11.8 Å². The van der Waals surface area contributed by atoms with Crippen LogP contribution in [0.4, 0.5) is 4.79 Å². The molecule has 0 saturated heterocycles. The first-order valence-electron chi connectivity index (χ1n) is 9.23. The van der Waals surface area contributed by atoms with Crippen LogP contribution in [0.15, 0.2) is 12.7 Å². The molecule has 26 heavy (non-hydrogen) atoms. The van der Waals surface area contributed by atoms with E-state index in [1.165, 1.54) is 6.42 Å². The quantitative estimate of drug-likeness (QED) is 0.572. The van der Waals surface area contributed by atoms with Crippen LogP contribution in [0.1, 0.15) is 65.7 Å². The zero-order valence-corrected chi connectivity index (χ0v) is 16.2. The van der Waals surface area contributed by atoms with Crippen molar-refractivity contribution in [1.29, 1.82) is 0 Å². The maximum absolute atomic E-state index is 12.6. The Morgan fingerprint density at radius 1 is 1.23 bits per heavy atom. The topological polar surface area (TPSA) is 111 Å². The Morgan fingerprint density at radius 3 is 2.35 bits per heavy atom. The molecule has 0 aromatic carbocycles. The van der Waals surface area contributed by atoms with Crippen molar-refractivity contribution in [2.24, 2.45) is 11.1 Å². The van der Waals surface area contributed by atoms with Gasteiger partial charge >= 0.3 is 6.09 Å². The molecule has 0 unspecified atom stereocenters. The zero-order valence-electron chi connectivity index (χ0n) is 16.2. The molecular weight excluding hydrogens is 334 g/mol. The van der Waals surface area contributed by atoms with Crippen LogP contribution in [0, 0.1) is 5.41 Å². The van der Waals surface area contributed by atoms with Gasteiger partial charge in [-0.3, -0.25) is 9.59 Å². The van der Waals surface area contributed by atoms with Crippen LogP contribution < -0.4 is 16.4 Å². The number of ether oxygens (including phenoxy) is 1. The third-order valence-electron chi connectivity index (χ3n) is 4.54. The van der Waals surface area contributed by atoms with E-state index in [1.807, 2.05) is 6.08 Å². The number of carbonyl (C=O) groups excluding carboxylic acids is 3. The minimum atomic E-state index is -1.05. The molecule has 0 bridgehead atoms. The normalized spacial score (nSPS) is 17.7. The van der Waals surface area contributed by atoms with Gasteiger partial charge < -0.3 is 21.1 Å². The average Bonchev–Trinajstić information content (AvgIpc) is 2.51. The van der Waals surface area contributed by atoms with Crippen molar-refractivity contribution in [1.82, 2.24) is 10.6 Å². The molecule has 4 N–H and O–H groups in total. The fourth-order valence-electron chi connectivity index (χ4n) is 3.32. The van der Waals surface area contributed by atoms with Crippen LogP contribution >= 0.6 is 0 Å². The lowest BCUT2D eigenvalue weighted by Gasteiger charge is -2.37. The predicted molar refractivity (Wildman–Crippen MR) is 100 cm³/mol. The van der Waals surface area contributed by atoms with Crippen molar-refractivity contribution in [3.8, 4) is 0 Å². The Morgan fingerprint density at radius 2 is 1.85 bits per heavy atom. The number of allylic oxidation sites excluding steroid dienone is 1. The minimum absolute atomic E-state index is 0.00114. The summed E-state index contributed by atoms with van der Waals surface area (Å²) < 4.78 is 5.16. The van der Waals surface area contributed by atoms with Gasteiger partial charge in [0.25, 0.3) is 0 Å². The first-order valence-corrected chi connectivity index (χ1v) is 9.23. The number of alkyl carbamates (subject to hydrolysis) is 1. The molecule has 0 radical (unpaired) electrons. The van der Waals surface area contributed by atoms with Crippen molar-refractivity contribution in [3.63, 3.8) is 0 Å². The summed E-state index contributed by atoms with van der Waals surface area (Å²) in [7, 11) is 0. The molecule has 0 spiro atoms. The lowest BCUT2D eigenvalue weighted by atomic mass is 9.71. The summed E-state index contributed by atoms with van der Waals surface area (Å²) in [4.78, 5) is 35.8. The van der Waals surface area contributed by atoms with Gasteiger partial charge in [0, 0.05) is 6.54 Å². The highest BCUT2D eigenvalue weighted by Crippen LogP contribution is 2.39. The lowest BCUT2D eigenvalue weighted by Crippen LogP contribution is -2.51. The predicted octanol–water partition coefficient (Wildman–Crippen LogP) is 2.40. The second-order valence-electron chi connectivity index (χ2n) is 8.14. The molecule has 148 valence electrons. The van der Waals surface area contributed by atoms with Crippen molar-refractivity contribution < 1.29 is 19.1 Å². The van der Waals surface area contributed by atoms with Gasteiger partial charge in [0.1, 0.15) is 11.6 Å². The van der Waals surface area contributed by atoms with Crippen LogP contribution in [0.2, 0.25) is 0 Å². The van der Waals surface area contributed by atoms with E-state index in [1.54, 1.807) is 20.8 Å². The minimum Gasteiger partial charge on any atom is -0.444 e. The molecule has 3 amide bonds. The van der Waals surface area contributed by atoms with Gasteiger partial charge in [-0.25, -0.2) is 4.79 Å². The number of nitrogens with one attached hydrogen (secondary N) is 2. The Balaban J connectivity index is 2.70. The molecular formula is C19H33N3O4. The monoisotopic (exact) mass is 367 g/mol.